The molecule has 100 valence electrons. The summed E-state index contributed by atoms with van der Waals surface area (Å²) in [5, 5.41) is 7.08. The second-order valence-corrected chi connectivity index (χ2v) is 4.75. The maximum atomic E-state index is 11.6. The van der Waals surface area contributed by atoms with E-state index in [1.807, 2.05) is 0 Å². The monoisotopic (exact) mass is 278 g/mol. The van der Waals surface area contributed by atoms with Crippen LogP contribution in [0.15, 0.2) is 40.6 Å². The van der Waals surface area contributed by atoms with Crippen LogP contribution < -0.4 is 5.32 Å². The number of rotatable bonds is 7. The van der Waals surface area contributed by atoms with Gasteiger partial charge in [0.05, 0.1) is 11.9 Å². The third-order valence-corrected chi connectivity index (χ3v) is 3.20. The summed E-state index contributed by atoms with van der Waals surface area (Å²) in [6.45, 7) is 0.639. The molecule has 2 heterocycles. The number of thioether (sulfide) groups is 1. The van der Waals surface area contributed by atoms with Crippen molar-refractivity contribution in [2.24, 2.45) is 0 Å². The number of aryl methyl sites for hydroxylation is 1. The normalized spacial score (nSPS) is 10.3. The minimum absolute atomic E-state index is 0.0113. The number of amides is 1. The van der Waals surface area contributed by atoms with Gasteiger partial charge in [0.25, 0.3) is 0 Å². The van der Waals surface area contributed by atoms with Crippen LogP contribution in [-0.4, -0.2) is 33.3 Å². The van der Waals surface area contributed by atoms with Crippen molar-refractivity contribution in [2.45, 2.75) is 18.0 Å². The van der Waals surface area contributed by atoms with Crippen molar-refractivity contribution < 1.29 is 9.32 Å². The van der Waals surface area contributed by atoms with E-state index < -0.39 is 0 Å². The first-order chi connectivity index (χ1) is 9.34. The second-order valence-electron chi connectivity index (χ2n) is 3.81. The van der Waals surface area contributed by atoms with Gasteiger partial charge in [-0.25, -0.2) is 9.97 Å². The molecule has 2 aromatic heterocycles. The van der Waals surface area contributed by atoms with Gasteiger partial charge in [-0.3, -0.25) is 4.79 Å². The largest absolute Gasteiger partial charge is 0.364 e. The zero-order valence-corrected chi connectivity index (χ0v) is 11.1. The third-order valence-electron chi connectivity index (χ3n) is 2.32. The smallest absolute Gasteiger partial charge is 0.230 e. The number of hydrogen-bond acceptors (Lipinski definition) is 6. The SMILES string of the molecule is O=C(CSc1ncccn1)NCCCc1cnoc1. The van der Waals surface area contributed by atoms with Crippen LogP contribution in [0, 0.1) is 0 Å². The molecule has 0 fully saturated rings. The number of nitrogens with zero attached hydrogens (tertiary/aromatic N) is 3. The van der Waals surface area contributed by atoms with Gasteiger partial charge in [0.2, 0.25) is 5.91 Å². The Morgan fingerprint density at radius 3 is 2.95 bits per heavy atom. The summed E-state index contributed by atoms with van der Waals surface area (Å²) in [6.07, 6.45) is 8.32. The Hall–Kier alpha value is -1.89. The molecule has 0 saturated carbocycles. The number of carbonyl (C=O) groups is 1. The lowest BCUT2D eigenvalue weighted by Gasteiger charge is -2.03. The summed E-state index contributed by atoms with van der Waals surface area (Å²) < 4.78 is 4.73. The summed E-state index contributed by atoms with van der Waals surface area (Å²) >= 11 is 1.33. The van der Waals surface area contributed by atoms with E-state index in [4.69, 9.17) is 4.52 Å². The average Bonchev–Trinajstić information content (AvgIpc) is 2.96. The van der Waals surface area contributed by atoms with Gasteiger partial charge in [0, 0.05) is 24.5 Å². The number of hydrogen-bond donors (Lipinski definition) is 1. The van der Waals surface area contributed by atoms with Crippen LogP contribution in [-0.2, 0) is 11.2 Å². The first-order valence-electron chi connectivity index (χ1n) is 5.89. The Labute approximate surface area is 115 Å². The van der Waals surface area contributed by atoms with Gasteiger partial charge in [-0.05, 0) is 18.9 Å². The lowest BCUT2D eigenvalue weighted by atomic mass is 10.2. The van der Waals surface area contributed by atoms with Crippen molar-refractivity contribution in [3.8, 4) is 0 Å². The van der Waals surface area contributed by atoms with Crippen LogP contribution in [0.2, 0.25) is 0 Å². The fraction of sp³-hybridized carbons (Fsp3) is 0.333. The molecule has 19 heavy (non-hydrogen) atoms. The van der Waals surface area contributed by atoms with Gasteiger partial charge in [0.1, 0.15) is 6.26 Å². The van der Waals surface area contributed by atoms with Gasteiger partial charge in [0.15, 0.2) is 5.16 Å². The Kier molecular flexibility index (Phi) is 5.36. The highest BCUT2D eigenvalue weighted by Gasteiger charge is 2.04. The van der Waals surface area contributed by atoms with Crippen molar-refractivity contribution in [1.29, 1.82) is 0 Å². The van der Waals surface area contributed by atoms with E-state index in [1.165, 1.54) is 11.8 Å². The fourth-order valence-electron chi connectivity index (χ4n) is 1.41. The molecule has 0 aliphatic heterocycles. The molecule has 2 rings (SSSR count). The predicted octanol–water partition coefficient (Wildman–Crippen LogP) is 1.31. The average molecular weight is 278 g/mol. The molecular formula is C12H14N4O2S. The van der Waals surface area contributed by atoms with Crippen molar-refractivity contribution in [3.05, 3.63) is 36.5 Å². The summed E-state index contributed by atoms with van der Waals surface area (Å²) in [5.41, 5.74) is 1.04. The zero-order chi connectivity index (χ0) is 13.3. The highest BCUT2D eigenvalue weighted by molar-refractivity contribution is 7.99. The van der Waals surface area contributed by atoms with E-state index in [2.05, 4.69) is 20.4 Å². The molecule has 6 nitrogen and oxygen atoms in total. The topological polar surface area (TPSA) is 80.9 Å². The van der Waals surface area contributed by atoms with Crippen molar-refractivity contribution in [1.82, 2.24) is 20.4 Å². The van der Waals surface area contributed by atoms with E-state index in [-0.39, 0.29) is 5.91 Å². The molecule has 1 amide bonds. The van der Waals surface area contributed by atoms with E-state index in [9.17, 15) is 4.79 Å². The van der Waals surface area contributed by atoms with E-state index in [0.29, 0.717) is 17.5 Å². The summed E-state index contributed by atoms with van der Waals surface area (Å²) in [6, 6.07) is 1.74. The Morgan fingerprint density at radius 1 is 1.37 bits per heavy atom. The molecule has 0 radical (unpaired) electrons. The van der Waals surface area contributed by atoms with Crippen LogP contribution in [0.5, 0.6) is 0 Å². The quantitative estimate of drug-likeness (QED) is 0.467. The van der Waals surface area contributed by atoms with Gasteiger partial charge in [-0.2, -0.15) is 0 Å². The van der Waals surface area contributed by atoms with Gasteiger partial charge in [-0.1, -0.05) is 16.9 Å². The standard InChI is InChI=1S/C12H14N4O2S/c17-11(9-19-12-14-5-2-6-15-12)13-4-1-3-10-7-16-18-8-10/h2,5-8H,1,3-4,9H2,(H,13,17). The number of aromatic nitrogens is 3. The first-order valence-corrected chi connectivity index (χ1v) is 6.88. The third kappa shape index (κ3) is 5.09. The van der Waals surface area contributed by atoms with Gasteiger partial charge >= 0.3 is 0 Å². The second kappa shape index (κ2) is 7.52. The highest BCUT2D eigenvalue weighted by atomic mass is 32.2. The number of carbonyl (C=O) groups excluding carboxylic acids is 1. The molecule has 0 spiro atoms. The molecule has 0 unspecified atom stereocenters. The molecular weight excluding hydrogens is 264 g/mol. The Morgan fingerprint density at radius 2 is 2.21 bits per heavy atom. The molecule has 0 saturated heterocycles. The van der Waals surface area contributed by atoms with Gasteiger partial charge < -0.3 is 9.84 Å². The lowest BCUT2D eigenvalue weighted by molar-refractivity contribution is -0.118. The van der Waals surface area contributed by atoms with E-state index >= 15 is 0 Å². The molecule has 7 heteroatoms. The van der Waals surface area contributed by atoms with Crippen LogP contribution in [0.1, 0.15) is 12.0 Å². The fourth-order valence-corrected chi connectivity index (χ4v) is 2.04. The van der Waals surface area contributed by atoms with E-state index in [0.717, 1.165) is 18.4 Å². The van der Waals surface area contributed by atoms with Crippen molar-refractivity contribution in [3.63, 3.8) is 0 Å². The summed E-state index contributed by atoms with van der Waals surface area (Å²) in [4.78, 5) is 19.6. The number of nitrogens with one attached hydrogen (secondary N) is 1. The lowest BCUT2D eigenvalue weighted by Crippen LogP contribution is -2.26. The maximum Gasteiger partial charge on any atom is 0.230 e. The zero-order valence-electron chi connectivity index (χ0n) is 10.3. The Balaban J connectivity index is 1.57. The van der Waals surface area contributed by atoms with Crippen molar-refractivity contribution in [2.75, 3.05) is 12.3 Å². The molecule has 0 aliphatic carbocycles. The van der Waals surface area contributed by atoms with Crippen LogP contribution in [0.4, 0.5) is 0 Å². The summed E-state index contributed by atoms with van der Waals surface area (Å²) in [5.74, 6) is 0.319. The molecule has 0 aromatic carbocycles. The maximum absolute atomic E-state index is 11.6. The molecule has 2 aromatic rings. The van der Waals surface area contributed by atoms with E-state index in [1.54, 1.807) is 30.9 Å². The minimum atomic E-state index is -0.0113. The molecule has 0 aliphatic rings. The molecule has 1 N–H and O–H groups in total. The summed E-state index contributed by atoms with van der Waals surface area (Å²) in [7, 11) is 0. The highest BCUT2D eigenvalue weighted by Crippen LogP contribution is 2.09. The minimum Gasteiger partial charge on any atom is -0.364 e. The predicted molar refractivity (Wildman–Crippen MR) is 70.6 cm³/mol. The molecule has 0 atom stereocenters. The molecule has 0 bridgehead atoms. The van der Waals surface area contributed by atoms with Crippen molar-refractivity contribution >= 4 is 17.7 Å². The van der Waals surface area contributed by atoms with Crippen LogP contribution in [0.3, 0.4) is 0 Å². The first kappa shape index (κ1) is 13.5. The Bertz CT molecular complexity index is 490. The van der Waals surface area contributed by atoms with Gasteiger partial charge in [-0.15, -0.1) is 0 Å². The van der Waals surface area contributed by atoms with Crippen LogP contribution in [0.25, 0.3) is 0 Å². The van der Waals surface area contributed by atoms with Crippen LogP contribution >= 0.6 is 11.8 Å².